The highest BCUT2D eigenvalue weighted by molar-refractivity contribution is 6.35. The van der Waals surface area contributed by atoms with Crippen molar-refractivity contribution in [3.05, 3.63) is 58.5 Å². The molecule has 3 aliphatic rings. The highest BCUT2D eigenvalue weighted by Crippen LogP contribution is 2.35. The molecule has 228 valence electrons. The van der Waals surface area contributed by atoms with Crippen molar-refractivity contribution in [2.24, 2.45) is 5.92 Å². The van der Waals surface area contributed by atoms with Gasteiger partial charge in [-0.2, -0.15) is 18.3 Å². The molecule has 0 bridgehead atoms. The summed E-state index contributed by atoms with van der Waals surface area (Å²) in [5.41, 5.74) is 1.85. The molecule has 0 aliphatic carbocycles. The van der Waals surface area contributed by atoms with Crippen LogP contribution in [0, 0.1) is 11.7 Å². The van der Waals surface area contributed by atoms with Gasteiger partial charge in [-0.3, -0.25) is 19.6 Å². The second-order valence-electron chi connectivity index (χ2n) is 11.3. The molecule has 0 unspecified atom stereocenters. The molecule has 14 heteroatoms. The Labute approximate surface area is 249 Å². The van der Waals surface area contributed by atoms with E-state index in [1.165, 1.54) is 17.2 Å². The van der Waals surface area contributed by atoms with E-state index < -0.39 is 30.4 Å². The number of benzene rings is 2. The van der Waals surface area contributed by atoms with E-state index >= 15 is 0 Å². The zero-order valence-corrected chi connectivity index (χ0v) is 23.8. The molecule has 2 aromatic carbocycles. The van der Waals surface area contributed by atoms with E-state index in [0.29, 0.717) is 66.1 Å². The van der Waals surface area contributed by atoms with E-state index in [1.807, 2.05) is 0 Å². The first-order chi connectivity index (χ1) is 20.5. The van der Waals surface area contributed by atoms with Crippen molar-refractivity contribution in [3.63, 3.8) is 0 Å². The third-order valence-electron chi connectivity index (χ3n) is 8.60. The van der Waals surface area contributed by atoms with E-state index in [1.54, 1.807) is 34.1 Å². The first-order valence-electron chi connectivity index (χ1n) is 14.1. The van der Waals surface area contributed by atoms with Crippen LogP contribution in [0.5, 0.6) is 0 Å². The zero-order chi connectivity index (χ0) is 30.5. The Morgan fingerprint density at radius 2 is 1.84 bits per heavy atom. The van der Waals surface area contributed by atoms with Gasteiger partial charge < -0.3 is 14.7 Å². The molecule has 0 spiro atoms. The molecule has 43 heavy (non-hydrogen) atoms. The number of amides is 4. The summed E-state index contributed by atoms with van der Waals surface area (Å²) in [6, 6.07) is 7.31. The van der Waals surface area contributed by atoms with Crippen molar-refractivity contribution in [2.45, 2.75) is 44.4 Å². The lowest BCUT2D eigenvalue weighted by atomic mass is 9.92. The highest BCUT2D eigenvalue weighted by Gasteiger charge is 2.41. The van der Waals surface area contributed by atoms with Crippen LogP contribution >= 0.6 is 11.6 Å². The predicted octanol–water partition coefficient (Wildman–Crippen LogP) is 4.74. The number of anilines is 1. The fraction of sp³-hybridized carbons (Fsp3) is 0.448. The van der Waals surface area contributed by atoms with Crippen molar-refractivity contribution < 1.29 is 31.9 Å². The number of H-pyrrole nitrogens is 1. The van der Waals surface area contributed by atoms with Gasteiger partial charge in [-0.05, 0) is 48.6 Å². The first kappa shape index (κ1) is 29.2. The number of nitrogens with one attached hydrogen (secondary N) is 1. The number of urea groups is 1. The maximum Gasteiger partial charge on any atom is 0.406 e. The average Bonchev–Trinajstić information content (AvgIpc) is 3.58. The monoisotopic (exact) mass is 620 g/mol. The van der Waals surface area contributed by atoms with Crippen LogP contribution in [0.4, 0.5) is 28.0 Å². The Morgan fingerprint density at radius 3 is 2.56 bits per heavy atom. The minimum Gasteiger partial charge on any atom is -0.343 e. The molecule has 0 saturated carbocycles. The number of likely N-dealkylation sites (tertiary alicyclic amines) is 1. The van der Waals surface area contributed by atoms with Gasteiger partial charge in [-0.15, -0.1) is 0 Å². The van der Waals surface area contributed by atoms with Gasteiger partial charge in [0.1, 0.15) is 12.4 Å². The Balaban J connectivity index is 1.14. The molecular formula is C29H29ClF4N6O3. The van der Waals surface area contributed by atoms with Gasteiger partial charge in [0.25, 0.3) is 0 Å². The smallest absolute Gasteiger partial charge is 0.343 e. The van der Waals surface area contributed by atoms with Crippen LogP contribution in [-0.2, 0) is 22.6 Å². The predicted molar refractivity (Wildman–Crippen MR) is 150 cm³/mol. The lowest BCUT2D eigenvalue weighted by Gasteiger charge is -2.37. The number of aromatic nitrogens is 2. The van der Waals surface area contributed by atoms with Crippen LogP contribution in [0.25, 0.3) is 10.9 Å². The second-order valence-corrected chi connectivity index (χ2v) is 11.7. The Bertz CT molecular complexity index is 1570. The quantitative estimate of drug-likeness (QED) is 0.417. The Kier molecular flexibility index (Phi) is 7.69. The molecule has 1 N–H and O–H groups in total. The lowest BCUT2D eigenvalue weighted by molar-refractivity contribution is -0.165. The number of carbonyl (C=O) groups excluding carboxylic acids is 3. The number of hydrogen-bond donors (Lipinski definition) is 1. The number of carbonyl (C=O) groups is 3. The number of nitrogens with zero attached hydrogens (tertiary/aromatic N) is 5. The average molecular weight is 621 g/mol. The number of halogens is 5. The van der Waals surface area contributed by atoms with Crippen molar-refractivity contribution in [2.75, 3.05) is 37.6 Å². The van der Waals surface area contributed by atoms with Crippen LogP contribution < -0.4 is 4.90 Å². The van der Waals surface area contributed by atoms with E-state index in [0.717, 1.165) is 4.90 Å². The van der Waals surface area contributed by atoms with E-state index in [-0.39, 0.29) is 43.1 Å². The molecule has 3 aromatic rings. The van der Waals surface area contributed by atoms with Crippen molar-refractivity contribution in [1.29, 1.82) is 0 Å². The summed E-state index contributed by atoms with van der Waals surface area (Å²) in [7, 11) is 0. The molecule has 2 saturated heterocycles. The first-order valence-corrected chi connectivity index (χ1v) is 14.5. The largest absolute Gasteiger partial charge is 0.406 e. The topological polar surface area (TPSA) is 92.8 Å². The van der Waals surface area contributed by atoms with Crippen LogP contribution in [-0.4, -0.2) is 87.7 Å². The fourth-order valence-electron chi connectivity index (χ4n) is 6.49. The molecule has 6 rings (SSSR count). The van der Waals surface area contributed by atoms with Crippen LogP contribution in [0.3, 0.4) is 0 Å². The molecule has 4 amide bonds. The van der Waals surface area contributed by atoms with Gasteiger partial charge in [-0.25, -0.2) is 9.18 Å². The lowest BCUT2D eigenvalue weighted by Crippen LogP contribution is -2.49. The summed E-state index contributed by atoms with van der Waals surface area (Å²) in [6.07, 6.45) is -2.32. The summed E-state index contributed by atoms with van der Waals surface area (Å²) < 4.78 is 54.8. The maximum absolute atomic E-state index is 14.3. The van der Waals surface area contributed by atoms with Gasteiger partial charge >= 0.3 is 12.2 Å². The minimum atomic E-state index is -4.62. The molecule has 9 nitrogen and oxygen atoms in total. The van der Waals surface area contributed by atoms with Gasteiger partial charge in [0, 0.05) is 50.6 Å². The number of alkyl halides is 3. The van der Waals surface area contributed by atoms with Gasteiger partial charge in [0.15, 0.2) is 0 Å². The Morgan fingerprint density at radius 1 is 1.09 bits per heavy atom. The summed E-state index contributed by atoms with van der Waals surface area (Å²) in [4.78, 5) is 45.4. The van der Waals surface area contributed by atoms with Gasteiger partial charge in [0.05, 0.1) is 28.3 Å². The second kappa shape index (κ2) is 11.3. The van der Waals surface area contributed by atoms with E-state index in [9.17, 15) is 31.9 Å². The fourth-order valence-corrected chi connectivity index (χ4v) is 6.77. The number of aromatic amines is 1. The highest BCUT2D eigenvalue weighted by atomic mass is 35.5. The number of piperidine rings is 1. The van der Waals surface area contributed by atoms with Crippen LogP contribution in [0.15, 0.2) is 36.5 Å². The normalized spacial score (nSPS) is 20.3. The van der Waals surface area contributed by atoms with Gasteiger partial charge in [0.2, 0.25) is 11.8 Å². The number of rotatable bonds is 5. The number of hydrogen-bond acceptors (Lipinski definition) is 4. The van der Waals surface area contributed by atoms with Crippen LogP contribution in [0.2, 0.25) is 5.02 Å². The van der Waals surface area contributed by atoms with Crippen molar-refractivity contribution in [1.82, 2.24) is 24.9 Å². The molecule has 4 heterocycles. The summed E-state index contributed by atoms with van der Waals surface area (Å²) in [6.45, 7) is -0.255. The number of fused-ring (bicyclic) bond motifs is 3. The molecular weight excluding hydrogens is 592 g/mol. The molecule has 2 fully saturated rings. The third-order valence-corrected chi connectivity index (χ3v) is 8.90. The zero-order valence-electron chi connectivity index (χ0n) is 23.0. The van der Waals surface area contributed by atoms with E-state index in [2.05, 4.69) is 10.2 Å². The summed E-state index contributed by atoms with van der Waals surface area (Å²) in [5.74, 6) is -2.54. The molecule has 1 aromatic heterocycles. The van der Waals surface area contributed by atoms with Crippen molar-refractivity contribution >= 4 is 46.0 Å². The third kappa shape index (κ3) is 5.74. The van der Waals surface area contributed by atoms with E-state index in [4.69, 9.17) is 11.6 Å². The SMILES string of the molecule is O=C(C[C@@H]1Cc2cc(Cl)c3[nH]ncc3c2CN(CC(F)(F)F)C1=O)N1CCC(N2CCN(c3ccccc3F)C2=O)CC1. The standard InChI is InChI=1S/C29H29ClF4N6O3/c30-22-12-17-11-18(27(42)38(16-29(32,33)34)15-21(17)20-14-35-36-26(20)22)13-25(41)37-7-5-19(6-8-37)39-9-10-40(28(39)43)24-4-2-1-3-23(24)31/h1-4,12,14,18-19H,5-11,13,15-16H2,(H,35,36)/t18-/m0/s1. The molecule has 3 aliphatic heterocycles. The minimum absolute atomic E-state index is 0.0692. The van der Waals surface area contributed by atoms with Gasteiger partial charge in [-0.1, -0.05) is 23.7 Å². The summed E-state index contributed by atoms with van der Waals surface area (Å²) in [5, 5.41) is 7.59. The Hall–Kier alpha value is -3.87. The van der Waals surface area contributed by atoms with Crippen molar-refractivity contribution in [3.8, 4) is 0 Å². The van der Waals surface area contributed by atoms with Crippen LogP contribution in [0.1, 0.15) is 30.4 Å². The number of para-hydroxylation sites is 1. The maximum atomic E-state index is 14.3. The molecule has 0 radical (unpaired) electrons. The summed E-state index contributed by atoms with van der Waals surface area (Å²) >= 11 is 6.40. The molecule has 1 atom stereocenters.